The van der Waals surface area contributed by atoms with Crippen molar-refractivity contribution in [1.82, 2.24) is 15.2 Å². The Morgan fingerprint density at radius 3 is 2.50 bits per heavy atom. The first-order valence-electron chi connectivity index (χ1n) is 8.90. The molecule has 0 unspecified atom stereocenters. The molecule has 0 saturated carbocycles. The predicted octanol–water partition coefficient (Wildman–Crippen LogP) is 2.91. The second-order valence-corrected chi connectivity index (χ2v) is 6.34. The summed E-state index contributed by atoms with van der Waals surface area (Å²) in [7, 11) is 0. The summed E-state index contributed by atoms with van der Waals surface area (Å²) in [4.78, 5) is 18.5. The van der Waals surface area contributed by atoms with E-state index in [1.807, 2.05) is 0 Å². The first-order valence-corrected chi connectivity index (χ1v) is 8.90. The summed E-state index contributed by atoms with van der Waals surface area (Å²) in [6.45, 7) is 4.33. The van der Waals surface area contributed by atoms with Crippen molar-refractivity contribution >= 4 is 17.3 Å². The van der Waals surface area contributed by atoms with Crippen molar-refractivity contribution in [3.05, 3.63) is 53.9 Å². The number of aromatic nitrogens is 1. The molecule has 1 aromatic carbocycles. The minimum absolute atomic E-state index is 0.235. The van der Waals surface area contributed by atoms with Crippen LogP contribution in [0.5, 0.6) is 0 Å². The Hall–Kier alpha value is -2.65. The smallest absolute Gasteiger partial charge is 0.379 e. The summed E-state index contributed by atoms with van der Waals surface area (Å²) < 4.78 is 43.2. The molecule has 0 aliphatic carbocycles. The van der Waals surface area contributed by atoms with Crippen LogP contribution in [0.25, 0.3) is 0 Å². The standard InChI is InChI=1S/C19H21F3N4O2/c20-19(21,22)14-1-3-15(4-2-14)25-16-5-6-23-17(13-16)18(27)24-7-8-26-9-11-28-12-10-26/h1-6,13H,7-12H2,(H,23,25)(H,24,27). The topological polar surface area (TPSA) is 66.5 Å². The van der Waals surface area contributed by atoms with Gasteiger partial charge in [-0.3, -0.25) is 14.7 Å². The molecule has 0 bridgehead atoms. The summed E-state index contributed by atoms with van der Waals surface area (Å²) in [5.74, 6) is -0.302. The normalized spacial score (nSPS) is 15.2. The Bertz CT molecular complexity index is 791. The van der Waals surface area contributed by atoms with E-state index in [9.17, 15) is 18.0 Å². The van der Waals surface area contributed by atoms with Crippen molar-refractivity contribution in [2.75, 3.05) is 44.7 Å². The van der Waals surface area contributed by atoms with Crippen molar-refractivity contribution in [1.29, 1.82) is 0 Å². The van der Waals surface area contributed by atoms with Crippen molar-refractivity contribution in [3.8, 4) is 0 Å². The Morgan fingerprint density at radius 1 is 1.11 bits per heavy atom. The number of morpholine rings is 1. The number of ether oxygens (including phenoxy) is 1. The number of carbonyl (C=O) groups is 1. The SMILES string of the molecule is O=C(NCCN1CCOCC1)c1cc(Nc2ccc(C(F)(F)F)cc2)ccn1. The van der Waals surface area contributed by atoms with E-state index in [0.717, 1.165) is 31.8 Å². The number of alkyl halides is 3. The summed E-state index contributed by atoms with van der Waals surface area (Å²) in [6.07, 6.45) is -2.90. The molecule has 3 rings (SSSR count). The molecule has 0 radical (unpaired) electrons. The second kappa shape index (κ2) is 9.03. The van der Waals surface area contributed by atoms with E-state index in [1.165, 1.54) is 18.3 Å². The molecule has 6 nitrogen and oxygen atoms in total. The van der Waals surface area contributed by atoms with Crippen molar-refractivity contribution in [3.63, 3.8) is 0 Å². The fraction of sp³-hybridized carbons (Fsp3) is 0.368. The van der Waals surface area contributed by atoms with Gasteiger partial charge < -0.3 is 15.4 Å². The average molecular weight is 394 g/mol. The van der Waals surface area contributed by atoms with E-state index < -0.39 is 11.7 Å². The van der Waals surface area contributed by atoms with Crippen LogP contribution in [0.3, 0.4) is 0 Å². The van der Waals surface area contributed by atoms with Gasteiger partial charge in [-0.1, -0.05) is 0 Å². The third-order valence-corrected chi connectivity index (χ3v) is 4.31. The maximum atomic E-state index is 12.6. The number of hydrogen-bond acceptors (Lipinski definition) is 5. The zero-order valence-electron chi connectivity index (χ0n) is 15.1. The summed E-state index contributed by atoms with van der Waals surface area (Å²) in [5.41, 5.74) is 0.568. The van der Waals surface area contributed by atoms with E-state index in [0.29, 0.717) is 31.1 Å². The van der Waals surface area contributed by atoms with Crippen LogP contribution in [0.4, 0.5) is 24.5 Å². The van der Waals surface area contributed by atoms with E-state index in [-0.39, 0.29) is 11.6 Å². The molecular weight excluding hydrogens is 373 g/mol. The quantitative estimate of drug-likeness (QED) is 0.789. The number of pyridine rings is 1. The minimum atomic E-state index is -4.37. The third-order valence-electron chi connectivity index (χ3n) is 4.31. The lowest BCUT2D eigenvalue weighted by molar-refractivity contribution is -0.137. The van der Waals surface area contributed by atoms with Gasteiger partial charge in [-0.2, -0.15) is 13.2 Å². The average Bonchev–Trinajstić information content (AvgIpc) is 2.69. The van der Waals surface area contributed by atoms with E-state index in [4.69, 9.17) is 4.74 Å². The summed E-state index contributed by atoms with van der Waals surface area (Å²) in [5, 5.41) is 5.80. The summed E-state index contributed by atoms with van der Waals surface area (Å²) >= 11 is 0. The molecular formula is C19H21F3N4O2. The highest BCUT2D eigenvalue weighted by Crippen LogP contribution is 2.30. The van der Waals surface area contributed by atoms with Crippen LogP contribution in [0.15, 0.2) is 42.6 Å². The largest absolute Gasteiger partial charge is 0.416 e. The maximum Gasteiger partial charge on any atom is 0.416 e. The zero-order chi connectivity index (χ0) is 20.0. The molecule has 0 atom stereocenters. The number of nitrogens with one attached hydrogen (secondary N) is 2. The second-order valence-electron chi connectivity index (χ2n) is 6.34. The van der Waals surface area contributed by atoms with Gasteiger partial charge >= 0.3 is 6.18 Å². The van der Waals surface area contributed by atoms with E-state index in [2.05, 4.69) is 20.5 Å². The van der Waals surface area contributed by atoms with Gasteiger partial charge in [-0.05, 0) is 36.4 Å². The fourth-order valence-electron chi connectivity index (χ4n) is 2.78. The number of amides is 1. The lowest BCUT2D eigenvalue weighted by Crippen LogP contribution is -2.41. The monoisotopic (exact) mass is 394 g/mol. The van der Waals surface area contributed by atoms with E-state index in [1.54, 1.807) is 12.1 Å². The molecule has 150 valence electrons. The van der Waals surface area contributed by atoms with Crippen LogP contribution in [-0.2, 0) is 10.9 Å². The number of nitrogens with zero attached hydrogens (tertiary/aromatic N) is 2. The van der Waals surface area contributed by atoms with Crippen molar-refractivity contribution < 1.29 is 22.7 Å². The highest BCUT2D eigenvalue weighted by molar-refractivity contribution is 5.93. The Morgan fingerprint density at radius 2 is 1.82 bits per heavy atom. The first kappa shape index (κ1) is 20.1. The van der Waals surface area contributed by atoms with E-state index >= 15 is 0 Å². The van der Waals surface area contributed by atoms with Gasteiger partial charge in [0.25, 0.3) is 5.91 Å². The van der Waals surface area contributed by atoms with Crippen LogP contribution in [-0.4, -0.2) is 55.2 Å². The molecule has 1 aliphatic rings. The summed E-state index contributed by atoms with van der Waals surface area (Å²) in [6, 6.07) is 7.88. The molecule has 28 heavy (non-hydrogen) atoms. The number of benzene rings is 1. The Balaban J connectivity index is 1.54. The van der Waals surface area contributed by atoms with Crippen LogP contribution >= 0.6 is 0 Å². The predicted molar refractivity (Wildman–Crippen MR) is 98.6 cm³/mol. The molecule has 1 amide bonds. The third kappa shape index (κ3) is 5.67. The molecule has 2 heterocycles. The van der Waals surface area contributed by atoms with Crippen LogP contribution in [0, 0.1) is 0 Å². The number of anilines is 2. The molecule has 2 aromatic rings. The van der Waals surface area contributed by atoms with Gasteiger partial charge in [0, 0.05) is 43.8 Å². The highest BCUT2D eigenvalue weighted by Gasteiger charge is 2.29. The fourth-order valence-corrected chi connectivity index (χ4v) is 2.78. The van der Waals surface area contributed by atoms with Gasteiger partial charge in [0.1, 0.15) is 5.69 Å². The molecule has 9 heteroatoms. The number of hydrogen-bond donors (Lipinski definition) is 2. The molecule has 1 aromatic heterocycles. The van der Waals surface area contributed by atoms with Crippen LogP contribution in [0.2, 0.25) is 0 Å². The lowest BCUT2D eigenvalue weighted by Gasteiger charge is -2.26. The van der Waals surface area contributed by atoms with Gasteiger partial charge in [-0.25, -0.2) is 0 Å². The molecule has 0 spiro atoms. The highest BCUT2D eigenvalue weighted by atomic mass is 19.4. The Labute approximate surface area is 160 Å². The van der Waals surface area contributed by atoms with Gasteiger partial charge in [0.05, 0.1) is 18.8 Å². The van der Waals surface area contributed by atoms with Gasteiger partial charge in [-0.15, -0.1) is 0 Å². The molecule has 1 aliphatic heterocycles. The van der Waals surface area contributed by atoms with Gasteiger partial charge in [0.2, 0.25) is 0 Å². The minimum Gasteiger partial charge on any atom is -0.379 e. The molecule has 2 N–H and O–H groups in total. The van der Waals surface area contributed by atoms with Crippen LogP contribution < -0.4 is 10.6 Å². The Kier molecular flexibility index (Phi) is 6.48. The number of rotatable bonds is 6. The van der Waals surface area contributed by atoms with Crippen LogP contribution in [0.1, 0.15) is 16.1 Å². The lowest BCUT2D eigenvalue weighted by atomic mass is 10.2. The first-order chi connectivity index (χ1) is 13.4. The molecule has 1 fully saturated rings. The maximum absolute atomic E-state index is 12.6. The molecule has 1 saturated heterocycles. The van der Waals surface area contributed by atoms with Crippen molar-refractivity contribution in [2.24, 2.45) is 0 Å². The number of carbonyl (C=O) groups excluding carboxylic acids is 1. The number of halogens is 3. The van der Waals surface area contributed by atoms with Gasteiger partial charge in [0.15, 0.2) is 0 Å². The van der Waals surface area contributed by atoms with Crippen molar-refractivity contribution in [2.45, 2.75) is 6.18 Å². The zero-order valence-corrected chi connectivity index (χ0v) is 15.1.